The molecule has 1 aliphatic rings. The smallest absolute Gasteiger partial charge is 0.311 e. The fourth-order valence-corrected chi connectivity index (χ4v) is 2.92. The van der Waals surface area contributed by atoms with Gasteiger partial charge in [0, 0.05) is 37.7 Å². The molecular weight excluding hydrogens is 322 g/mol. The van der Waals surface area contributed by atoms with Crippen molar-refractivity contribution in [2.75, 3.05) is 19.8 Å². The standard InChI is InChI=1S/C18H21N3O4/c22-16(19-13-18(17(23)24)6-10-25-11-7-18)15-4-2-14(3-5-15)12-21-9-1-8-20-21/h1-5,8-9H,6-7,10-13H2,(H,19,22)(H,23,24). The van der Waals surface area contributed by atoms with Crippen LogP contribution in [-0.4, -0.2) is 46.5 Å². The van der Waals surface area contributed by atoms with Crippen molar-refractivity contribution in [3.63, 3.8) is 0 Å². The summed E-state index contributed by atoms with van der Waals surface area (Å²) in [6, 6.07) is 9.09. The van der Waals surface area contributed by atoms with Gasteiger partial charge in [-0.1, -0.05) is 12.1 Å². The number of carboxylic acid groups (broad SMARTS) is 1. The van der Waals surface area contributed by atoms with Crippen molar-refractivity contribution < 1.29 is 19.4 Å². The topological polar surface area (TPSA) is 93.5 Å². The number of carboxylic acids is 1. The second-order valence-electron chi connectivity index (χ2n) is 6.28. The molecule has 0 bridgehead atoms. The highest BCUT2D eigenvalue weighted by atomic mass is 16.5. The average Bonchev–Trinajstić information content (AvgIpc) is 3.14. The molecule has 1 amide bonds. The van der Waals surface area contributed by atoms with Crippen molar-refractivity contribution in [3.05, 3.63) is 53.9 Å². The molecule has 7 heteroatoms. The molecule has 2 N–H and O–H groups in total. The Balaban J connectivity index is 1.60. The lowest BCUT2D eigenvalue weighted by Crippen LogP contribution is -2.46. The van der Waals surface area contributed by atoms with Gasteiger partial charge in [0.25, 0.3) is 5.91 Å². The summed E-state index contributed by atoms with van der Waals surface area (Å²) in [7, 11) is 0. The number of carbonyl (C=O) groups excluding carboxylic acids is 1. The summed E-state index contributed by atoms with van der Waals surface area (Å²) < 4.78 is 7.04. The maximum absolute atomic E-state index is 12.3. The van der Waals surface area contributed by atoms with E-state index in [1.807, 2.05) is 24.4 Å². The molecule has 0 unspecified atom stereocenters. The molecule has 7 nitrogen and oxygen atoms in total. The largest absolute Gasteiger partial charge is 0.481 e. The van der Waals surface area contributed by atoms with Gasteiger partial charge in [-0.2, -0.15) is 5.10 Å². The predicted octanol–water partition coefficient (Wildman–Crippen LogP) is 1.54. The molecule has 0 aliphatic carbocycles. The number of nitrogens with zero attached hydrogens (tertiary/aromatic N) is 2. The van der Waals surface area contributed by atoms with Crippen molar-refractivity contribution in [1.29, 1.82) is 0 Å². The van der Waals surface area contributed by atoms with Crippen LogP contribution in [0.15, 0.2) is 42.7 Å². The van der Waals surface area contributed by atoms with Crippen molar-refractivity contribution >= 4 is 11.9 Å². The second kappa shape index (κ2) is 7.48. The van der Waals surface area contributed by atoms with Crippen molar-refractivity contribution in [2.45, 2.75) is 19.4 Å². The number of nitrogens with one attached hydrogen (secondary N) is 1. The van der Waals surface area contributed by atoms with Crippen molar-refractivity contribution in [3.8, 4) is 0 Å². The minimum Gasteiger partial charge on any atom is -0.481 e. The van der Waals surface area contributed by atoms with Gasteiger partial charge in [-0.3, -0.25) is 14.3 Å². The maximum atomic E-state index is 12.3. The van der Waals surface area contributed by atoms with Crippen LogP contribution in [0.3, 0.4) is 0 Å². The van der Waals surface area contributed by atoms with Gasteiger partial charge < -0.3 is 15.2 Å². The first-order valence-electron chi connectivity index (χ1n) is 8.25. The van der Waals surface area contributed by atoms with Crippen molar-refractivity contribution in [2.24, 2.45) is 5.41 Å². The van der Waals surface area contributed by atoms with Crippen LogP contribution >= 0.6 is 0 Å². The minimum atomic E-state index is -0.937. The molecule has 132 valence electrons. The lowest BCUT2D eigenvalue weighted by Gasteiger charge is -2.33. The summed E-state index contributed by atoms with van der Waals surface area (Å²) in [6.45, 7) is 1.56. The van der Waals surface area contributed by atoms with E-state index < -0.39 is 11.4 Å². The van der Waals surface area contributed by atoms with Gasteiger partial charge in [-0.15, -0.1) is 0 Å². The van der Waals surface area contributed by atoms with E-state index in [4.69, 9.17) is 4.74 Å². The Morgan fingerprint density at radius 3 is 2.56 bits per heavy atom. The summed E-state index contributed by atoms with van der Waals surface area (Å²) in [5, 5.41) is 16.4. The predicted molar refractivity (Wildman–Crippen MR) is 90.2 cm³/mol. The Hall–Kier alpha value is -2.67. The first kappa shape index (κ1) is 17.2. The molecule has 0 saturated carbocycles. The van der Waals surface area contributed by atoms with Gasteiger partial charge in [0.2, 0.25) is 0 Å². The summed E-state index contributed by atoms with van der Waals surface area (Å²) in [6.07, 6.45) is 4.41. The van der Waals surface area contributed by atoms with Gasteiger partial charge in [0.05, 0.1) is 12.0 Å². The van der Waals surface area contributed by atoms with Crippen LogP contribution in [0.25, 0.3) is 0 Å². The monoisotopic (exact) mass is 343 g/mol. The van der Waals surface area contributed by atoms with Gasteiger partial charge in [0.15, 0.2) is 0 Å². The van der Waals surface area contributed by atoms with Crippen LogP contribution < -0.4 is 5.32 Å². The number of rotatable bonds is 6. The third-order valence-corrected chi connectivity index (χ3v) is 4.61. The molecule has 0 atom stereocenters. The Kier molecular flexibility index (Phi) is 5.14. The Morgan fingerprint density at radius 1 is 1.24 bits per heavy atom. The van der Waals surface area contributed by atoms with E-state index in [-0.39, 0.29) is 12.5 Å². The lowest BCUT2D eigenvalue weighted by atomic mass is 9.80. The van der Waals surface area contributed by atoms with E-state index in [1.165, 1.54) is 0 Å². The van der Waals surface area contributed by atoms with Gasteiger partial charge in [-0.05, 0) is 36.6 Å². The third-order valence-electron chi connectivity index (χ3n) is 4.61. The molecule has 1 aromatic carbocycles. The van der Waals surface area contributed by atoms with E-state index in [9.17, 15) is 14.7 Å². The number of ether oxygens (including phenoxy) is 1. The molecule has 1 aromatic heterocycles. The van der Waals surface area contributed by atoms with Crippen LogP contribution in [0.2, 0.25) is 0 Å². The molecule has 2 heterocycles. The Morgan fingerprint density at radius 2 is 1.96 bits per heavy atom. The highest BCUT2D eigenvalue weighted by Gasteiger charge is 2.40. The van der Waals surface area contributed by atoms with E-state index >= 15 is 0 Å². The van der Waals surface area contributed by atoms with E-state index in [0.29, 0.717) is 38.2 Å². The fourth-order valence-electron chi connectivity index (χ4n) is 2.92. The van der Waals surface area contributed by atoms with E-state index in [0.717, 1.165) is 5.56 Å². The number of aliphatic carboxylic acids is 1. The SMILES string of the molecule is O=C(NCC1(C(=O)O)CCOCC1)c1ccc(Cn2cccn2)cc1. The number of amides is 1. The Bertz CT molecular complexity index is 719. The molecule has 0 radical (unpaired) electrons. The number of hydrogen-bond donors (Lipinski definition) is 2. The summed E-state index contributed by atoms with van der Waals surface area (Å²) in [4.78, 5) is 23.9. The van der Waals surface area contributed by atoms with Crippen molar-refractivity contribution in [1.82, 2.24) is 15.1 Å². The second-order valence-corrected chi connectivity index (χ2v) is 6.28. The zero-order valence-electron chi connectivity index (χ0n) is 13.9. The first-order chi connectivity index (χ1) is 12.1. The van der Waals surface area contributed by atoms with Crippen LogP contribution in [0.5, 0.6) is 0 Å². The van der Waals surface area contributed by atoms with Gasteiger partial charge >= 0.3 is 5.97 Å². The highest BCUT2D eigenvalue weighted by Crippen LogP contribution is 2.30. The molecule has 3 rings (SSSR count). The number of benzene rings is 1. The molecule has 1 aliphatic heterocycles. The molecule has 2 aromatic rings. The van der Waals surface area contributed by atoms with Crippen LogP contribution in [-0.2, 0) is 16.1 Å². The molecule has 0 spiro atoms. The zero-order valence-corrected chi connectivity index (χ0v) is 13.9. The Labute approximate surface area is 145 Å². The molecule has 1 fully saturated rings. The number of aromatic nitrogens is 2. The van der Waals surface area contributed by atoms with Crippen LogP contribution in [0.4, 0.5) is 0 Å². The summed E-state index contributed by atoms with van der Waals surface area (Å²) >= 11 is 0. The number of hydrogen-bond acceptors (Lipinski definition) is 4. The third kappa shape index (κ3) is 4.06. The highest BCUT2D eigenvalue weighted by molar-refractivity contribution is 5.94. The molecule has 25 heavy (non-hydrogen) atoms. The zero-order chi connectivity index (χ0) is 17.7. The number of carbonyl (C=O) groups is 2. The maximum Gasteiger partial charge on any atom is 0.311 e. The fraction of sp³-hybridized carbons (Fsp3) is 0.389. The lowest BCUT2D eigenvalue weighted by molar-refractivity contribution is -0.154. The first-order valence-corrected chi connectivity index (χ1v) is 8.25. The summed E-state index contributed by atoms with van der Waals surface area (Å²) in [5.41, 5.74) is 0.608. The normalized spacial score (nSPS) is 16.3. The minimum absolute atomic E-state index is 0.111. The average molecular weight is 343 g/mol. The van der Waals surface area contributed by atoms with Crippen LogP contribution in [0.1, 0.15) is 28.8 Å². The van der Waals surface area contributed by atoms with Gasteiger partial charge in [0.1, 0.15) is 0 Å². The molecular formula is C18H21N3O4. The molecule has 1 saturated heterocycles. The van der Waals surface area contributed by atoms with Crippen LogP contribution in [0, 0.1) is 5.41 Å². The summed E-state index contributed by atoms with van der Waals surface area (Å²) in [5.74, 6) is -1.15. The van der Waals surface area contributed by atoms with E-state index in [2.05, 4.69) is 10.4 Å². The van der Waals surface area contributed by atoms with E-state index in [1.54, 1.807) is 23.0 Å². The van der Waals surface area contributed by atoms with Gasteiger partial charge in [-0.25, -0.2) is 0 Å². The quantitative estimate of drug-likeness (QED) is 0.830.